The van der Waals surface area contributed by atoms with Crippen LogP contribution in [0.25, 0.3) is 5.69 Å². The summed E-state index contributed by atoms with van der Waals surface area (Å²) in [6.45, 7) is 6.69. The van der Waals surface area contributed by atoms with Crippen LogP contribution < -0.4 is 10.2 Å². The number of morpholine rings is 1. The number of hydrogen-bond donors (Lipinski definition) is 1. The molecule has 2 aromatic rings. The molecule has 0 aliphatic carbocycles. The Bertz CT molecular complexity index is 851. The van der Waals surface area contributed by atoms with E-state index in [1.165, 1.54) is 11.8 Å². The number of aromatic nitrogens is 3. The molecule has 3 rings (SSSR count). The van der Waals surface area contributed by atoms with Crippen LogP contribution in [-0.2, 0) is 20.7 Å². The zero-order valence-electron chi connectivity index (χ0n) is 16.6. The molecule has 1 aromatic carbocycles. The highest BCUT2D eigenvalue weighted by atomic mass is 32.2. The highest BCUT2D eigenvalue weighted by Crippen LogP contribution is 2.29. The largest absolute Gasteiger partial charge is 0.450 e. The lowest BCUT2D eigenvalue weighted by atomic mass is 10.1. The lowest BCUT2D eigenvalue weighted by molar-refractivity contribution is -0.117. The summed E-state index contributed by atoms with van der Waals surface area (Å²) in [6.07, 6.45) is 0.106. The number of benzene rings is 1. The van der Waals surface area contributed by atoms with Crippen molar-refractivity contribution < 1.29 is 19.1 Å². The fourth-order valence-corrected chi connectivity index (χ4v) is 3.75. The Hall–Kier alpha value is -2.59. The van der Waals surface area contributed by atoms with E-state index < -0.39 is 12.0 Å². The molecule has 1 saturated heterocycles. The summed E-state index contributed by atoms with van der Waals surface area (Å²) in [5.74, 6) is 0.302. The normalized spacial score (nSPS) is 13.9. The molecule has 1 aliphatic heterocycles. The average Bonchev–Trinajstić information content (AvgIpc) is 3.16. The molecule has 1 aromatic heterocycles. The number of ether oxygens (including phenoxy) is 2. The highest BCUT2D eigenvalue weighted by Gasteiger charge is 2.23. The van der Waals surface area contributed by atoms with Gasteiger partial charge < -0.3 is 14.4 Å². The molecule has 2 amide bonds. The molecule has 0 unspecified atom stereocenters. The van der Waals surface area contributed by atoms with Gasteiger partial charge in [-0.1, -0.05) is 36.9 Å². The van der Waals surface area contributed by atoms with Crippen molar-refractivity contribution in [2.45, 2.75) is 25.4 Å². The van der Waals surface area contributed by atoms with Gasteiger partial charge in [0.05, 0.1) is 31.3 Å². The molecule has 29 heavy (non-hydrogen) atoms. The van der Waals surface area contributed by atoms with Crippen molar-refractivity contribution in [3.8, 4) is 5.69 Å². The Kier molecular flexibility index (Phi) is 7.48. The minimum absolute atomic E-state index is 0.0222. The summed E-state index contributed by atoms with van der Waals surface area (Å²) in [5, 5.41) is 11.5. The molecule has 0 atom stereocenters. The summed E-state index contributed by atoms with van der Waals surface area (Å²) in [5.41, 5.74) is 2.13. The maximum Gasteiger partial charge on any atom is 0.413 e. The zero-order valence-corrected chi connectivity index (χ0v) is 17.4. The molecule has 1 N–H and O–H groups in total. The Balaban J connectivity index is 1.86. The van der Waals surface area contributed by atoms with Crippen molar-refractivity contribution in [2.75, 3.05) is 43.6 Å². The van der Waals surface area contributed by atoms with Crippen molar-refractivity contribution in [2.24, 2.45) is 0 Å². The van der Waals surface area contributed by atoms with Gasteiger partial charge >= 0.3 is 6.09 Å². The minimum Gasteiger partial charge on any atom is -0.450 e. The van der Waals surface area contributed by atoms with Crippen LogP contribution in [0.1, 0.15) is 19.4 Å². The van der Waals surface area contributed by atoms with Crippen LogP contribution >= 0.6 is 11.8 Å². The van der Waals surface area contributed by atoms with Crippen molar-refractivity contribution in [1.29, 1.82) is 0 Å². The number of imide groups is 1. The molecule has 0 bridgehead atoms. The summed E-state index contributed by atoms with van der Waals surface area (Å²) in [6, 6.07) is 8.06. The van der Waals surface area contributed by atoms with E-state index in [9.17, 15) is 9.59 Å². The van der Waals surface area contributed by atoms with Crippen molar-refractivity contribution in [3.63, 3.8) is 0 Å². The molecule has 2 heterocycles. The molecule has 156 valence electrons. The summed E-state index contributed by atoms with van der Waals surface area (Å²) < 4.78 is 12.2. The van der Waals surface area contributed by atoms with Crippen LogP contribution in [0.3, 0.4) is 0 Å². The third-order valence-corrected chi connectivity index (χ3v) is 5.30. The molecule has 1 aliphatic rings. The van der Waals surface area contributed by atoms with E-state index in [-0.39, 0.29) is 12.4 Å². The molecule has 0 radical (unpaired) electrons. The van der Waals surface area contributed by atoms with E-state index in [1.54, 1.807) is 6.92 Å². The quantitative estimate of drug-likeness (QED) is 0.681. The van der Waals surface area contributed by atoms with Crippen LogP contribution in [0.15, 0.2) is 29.4 Å². The number of hydrogen-bond acceptors (Lipinski definition) is 8. The van der Waals surface area contributed by atoms with Crippen molar-refractivity contribution >= 4 is 29.7 Å². The van der Waals surface area contributed by atoms with Gasteiger partial charge in [-0.2, -0.15) is 0 Å². The molecular weight excluding hydrogens is 394 g/mol. The predicted octanol–water partition coefficient (Wildman–Crippen LogP) is 2.03. The fourth-order valence-electron chi connectivity index (χ4n) is 3.01. The summed E-state index contributed by atoms with van der Waals surface area (Å²) in [7, 11) is 0. The van der Waals surface area contributed by atoms with Gasteiger partial charge in [0, 0.05) is 13.1 Å². The third-order valence-electron chi connectivity index (χ3n) is 4.37. The summed E-state index contributed by atoms with van der Waals surface area (Å²) >= 11 is 1.23. The Labute approximate surface area is 173 Å². The number of nitrogens with zero attached hydrogens (tertiary/aromatic N) is 4. The molecule has 10 heteroatoms. The molecular formula is C19H25N5O4S. The zero-order chi connectivity index (χ0) is 20.6. The lowest BCUT2D eigenvalue weighted by Crippen LogP contribution is -2.38. The van der Waals surface area contributed by atoms with Crippen molar-refractivity contribution in [1.82, 2.24) is 20.1 Å². The van der Waals surface area contributed by atoms with Gasteiger partial charge in [-0.05, 0) is 25.0 Å². The third kappa shape index (κ3) is 5.27. The second-order valence-corrected chi connectivity index (χ2v) is 7.20. The maximum atomic E-state index is 12.1. The topological polar surface area (TPSA) is 98.6 Å². The number of thioether (sulfide) groups is 1. The van der Waals surface area contributed by atoms with Gasteiger partial charge in [-0.25, -0.2) is 4.79 Å². The fraction of sp³-hybridized carbons (Fsp3) is 0.474. The van der Waals surface area contributed by atoms with Crippen LogP contribution in [-0.4, -0.2) is 65.4 Å². The Morgan fingerprint density at radius 2 is 1.97 bits per heavy atom. The number of para-hydroxylation sites is 1. The number of anilines is 1. The van der Waals surface area contributed by atoms with E-state index in [2.05, 4.69) is 33.4 Å². The number of carbonyl (C=O) groups is 2. The number of nitrogens with one attached hydrogen (secondary N) is 1. The van der Waals surface area contributed by atoms with Crippen LogP contribution in [0.4, 0.5) is 10.7 Å². The van der Waals surface area contributed by atoms with Gasteiger partial charge in [-0.15, -0.1) is 10.2 Å². The standard InChI is InChI=1S/C19H25N5O4S/c1-3-14-7-5-6-8-15(14)24-17(23-9-11-27-12-10-23)21-22-18(24)29-13-16(25)20-19(26)28-4-2/h5-8H,3-4,9-13H2,1-2H3,(H,20,25,26). The number of carbonyl (C=O) groups excluding carboxylic acids is 2. The van der Waals surface area contributed by atoms with Crippen molar-refractivity contribution in [3.05, 3.63) is 29.8 Å². The van der Waals surface area contributed by atoms with E-state index in [0.717, 1.165) is 36.7 Å². The first-order valence-corrected chi connectivity index (χ1v) is 10.6. The van der Waals surface area contributed by atoms with Gasteiger partial charge in [0.1, 0.15) is 0 Å². The molecule has 0 saturated carbocycles. The lowest BCUT2D eigenvalue weighted by Gasteiger charge is -2.28. The molecule has 9 nitrogen and oxygen atoms in total. The molecule has 1 fully saturated rings. The minimum atomic E-state index is -0.745. The number of amides is 2. The SMILES string of the molecule is CCOC(=O)NC(=O)CSc1nnc(N2CCOCC2)n1-c1ccccc1CC. The summed E-state index contributed by atoms with van der Waals surface area (Å²) in [4.78, 5) is 25.6. The first-order valence-electron chi connectivity index (χ1n) is 9.59. The molecule has 0 spiro atoms. The van der Waals surface area contributed by atoms with Gasteiger partial charge in [0.2, 0.25) is 11.9 Å². The number of rotatable bonds is 7. The van der Waals surface area contributed by atoms with E-state index in [0.29, 0.717) is 18.4 Å². The maximum absolute atomic E-state index is 12.1. The number of alkyl carbamates (subject to hydrolysis) is 1. The second kappa shape index (κ2) is 10.3. The first-order chi connectivity index (χ1) is 14.1. The predicted molar refractivity (Wildman–Crippen MR) is 110 cm³/mol. The average molecular weight is 420 g/mol. The van der Waals surface area contributed by atoms with Crippen LogP contribution in [0.2, 0.25) is 0 Å². The van der Waals surface area contributed by atoms with Gasteiger partial charge in [0.25, 0.3) is 0 Å². The first kappa shape index (κ1) is 21.1. The van der Waals surface area contributed by atoms with E-state index in [1.807, 2.05) is 22.8 Å². The Morgan fingerprint density at radius 3 is 2.69 bits per heavy atom. The van der Waals surface area contributed by atoms with E-state index >= 15 is 0 Å². The van der Waals surface area contributed by atoms with E-state index in [4.69, 9.17) is 9.47 Å². The van der Waals surface area contributed by atoms with Crippen LogP contribution in [0.5, 0.6) is 0 Å². The van der Waals surface area contributed by atoms with Gasteiger partial charge in [0.15, 0.2) is 5.16 Å². The Morgan fingerprint density at radius 1 is 1.21 bits per heavy atom. The monoisotopic (exact) mass is 419 g/mol. The van der Waals surface area contributed by atoms with Crippen LogP contribution in [0, 0.1) is 0 Å². The number of aryl methyl sites for hydroxylation is 1. The smallest absolute Gasteiger partial charge is 0.413 e. The van der Waals surface area contributed by atoms with Gasteiger partial charge in [-0.3, -0.25) is 14.7 Å². The highest BCUT2D eigenvalue weighted by molar-refractivity contribution is 7.99. The second-order valence-electron chi connectivity index (χ2n) is 6.26.